The second kappa shape index (κ2) is 6.72. The Balaban J connectivity index is 1.63. The molecule has 0 aromatic rings. The van der Waals surface area contributed by atoms with Gasteiger partial charge in [0.2, 0.25) is 0 Å². The monoisotopic (exact) mass is 297 g/mol. The number of rotatable bonds is 2. The maximum Gasteiger partial charge on any atom is 0.323 e. The van der Waals surface area contributed by atoms with Crippen LogP contribution in [0.5, 0.6) is 0 Å². The van der Waals surface area contributed by atoms with Crippen LogP contribution in [0.1, 0.15) is 12.8 Å². The van der Waals surface area contributed by atoms with E-state index in [2.05, 4.69) is 15.1 Å². The van der Waals surface area contributed by atoms with E-state index in [0.717, 1.165) is 52.1 Å². The van der Waals surface area contributed by atoms with Gasteiger partial charge in [-0.2, -0.15) is 0 Å². The Labute approximate surface area is 124 Å². The first-order chi connectivity index (χ1) is 10.3. The van der Waals surface area contributed by atoms with Crippen molar-refractivity contribution >= 4 is 11.9 Å². The highest BCUT2D eigenvalue weighted by Crippen LogP contribution is 2.17. The van der Waals surface area contributed by atoms with E-state index in [-0.39, 0.29) is 24.0 Å². The van der Waals surface area contributed by atoms with Gasteiger partial charge in [0, 0.05) is 52.1 Å². The van der Waals surface area contributed by atoms with Gasteiger partial charge in [-0.25, -0.2) is 0 Å². The van der Waals surface area contributed by atoms with Crippen LogP contribution >= 0.6 is 0 Å². The normalized spacial score (nSPS) is 33.1. The minimum absolute atomic E-state index is 0.110. The molecule has 21 heavy (non-hydrogen) atoms. The van der Waals surface area contributed by atoms with Crippen LogP contribution in [0.4, 0.5) is 0 Å². The third kappa shape index (κ3) is 3.36. The molecule has 3 rings (SSSR count). The molecule has 1 N–H and O–H groups in total. The van der Waals surface area contributed by atoms with Crippen molar-refractivity contribution in [2.24, 2.45) is 0 Å². The molecule has 3 saturated heterocycles. The van der Waals surface area contributed by atoms with Crippen molar-refractivity contribution < 1.29 is 19.1 Å². The van der Waals surface area contributed by atoms with Gasteiger partial charge in [0.05, 0.1) is 13.2 Å². The van der Waals surface area contributed by atoms with Crippen molar-refractivity contribution in [2.45, 2.75) is 24.9 Å². The molecule has 118 valence electrons. The van der Waals surface area contributed by atoms with Crippen molar-refractivity contribution in [3.05, 3.63) is 0 Å². The summed E-state index contributed by atoms with van der Waals surface area (Å²) in [5.41, 5.74) is 0. The molecule has 3 fully saturated rings. The number of carbonyl (C=O) groups is 2. The molecule has 3 aliphatic rings. The Kier molecular flexibility index (Phi) is 4.72. The first-order valence-corrected chi connectivity index (χ1v) is 7.78. The zero-order valence-electron chi connectivity index (χ0n) is 12.3. The van der Waals surface area contributed by atoms with Crippen LogP contribution in [0.3, 0.4) is 0 Å². The minimum atomic E-state index is -0.123. The van der Waals surface area contributed by atoms with E-state index in [4.69, 9.17) is 9.47 Å². The number of esters is 2. The van der Waals surface area contributed by atoms with Gasteiger partial charge in [-0.3, -0.25) is 19.4 Å². The SMILES string of the molecule is O=C1OCCC1N1CCNCCN(C2CCOC2=O)CC1. The van der Waals surface area contributed by atoms with E-state index >= 15 is 0 Å². The van der Waals surface area contributed by atoms with Gasteiger partial charge >= 0.3 is 11.9 Å². The van der Waals surface area contributed by atoms with E-state index in [1.165, 1.54) is 0 Å². The topological polar surface area (TPSA) is 71.1 Å². The van der Waals surface area contributed by atoms with Gasteiger partial charge in [-0.1, -0.05) is 0 Å². The van der Waals surface area contributed by atoms with Crippen molar-refractivity contribution in [3.8, 4) is 0 Å². The van der Waals surface area contributed by atoms with Crippen molar-refractivity contribution in [1.82, 2.24) is 15.1 Å². The number of hydrogen-bond acceptors (Lipinski definition) is 7. The molecule has 2 unspecified atom stereocenters. The summed E-state index contributed by atoms with van der Waals surface area (Å²) in [6.45, 7) is 5.99. The fourth-order valence-electron chi connectivity index (χ4n) is 3.31. The average molecular weight is 297 g/mol. The third-order valence-electron chi connectivity index (χ3n) is 4.52. The molecule has 0 amide bonds. The van der Waals surface area contributed by atoms with Crippen LogP contribution in [-0.4, -0.2) is 86.3 Å². The number of cyclic esters (lactones) is 2. The molecule has 3 heterocycles. The van der Waals surface area contributed by atoms with Crippen LogP contribution < -0.4 is 5.32 Å². The fraction of sp³-hybridized carbons (Fsp3) is 0.857. The van der Waals surface area contributed by atoms with E-state index in [1.807, 2.05) is 0 Å². The standard InChI is InChI=1S/C14H23N3O4/c18-13-11(1-9-20-13)16-5-3-15-4-6-17(8-7-16)12-2-10-21-14(12)19/h11-12,15H,1-10H2. The van der Waals surface area contributed by atoms with Gasteiger partial charge in [0.15, 0.2) is 0 Å². The predicted molar refractivity (Wildman–Crippen MR) is 74.7 cm³/mol. The number of nitrogens with zero attached hydrogens (tertiary/aromatic N) is 2. The Hall–Kier alpha value is -1.18. The molecular formula is C14H23N3O4. The summed E-state index contributed by atoms with van der Waals surface area (Å²) < 4.78 is 10.2. The lowest BCUT2D eigenvalue weighted by molar-refractivity contribution is -0.144. The number of nitrogens with one attached hydrogen (secondary N) is 1. The van der Waals surface area contributed by atoms with Gasteiger partial charge in [0.25, 0.3) is 0 Å². The van der Waals surface area contributed by atoms with Gasteiger partial charge in [0.1, 0.15) is 12.1 Å². The number of hydrogen-bond donors (Lipinski definition) is 1. The lowest BCUT2D eigenvalue weighted by Gasteiger charge is -2.29. The third-order valence-corrected chi connectivity index (χ3v) is 4.52. The van der Waals surface area contributed by atoms with Gasteiger partial charge < -0.3 is 14.8 Å². The maximum atomic E-state index is 11.8. The zero-order chi connectivity index (χ0) is 14.7. The highest BCUT2D eigenvalue weighted by molar-refractivity contribution is 5.78. The first kappa shape index (κ1) is 14.7. The summed E-state index contributed by atoms with van der Waals surface area (Å²) in [6.07, 6.45) is 1.54. The molecule has 2 atom stereocenters. The van der Waals surface area contributed by atoms with Crippen LogP contribution in [0.25, 0.3) is 0 Å². The van der Waals surface area contributed by atoms with Gasteiger partial charge in [-0.05, 0) is 0 Å². The highest BCUT2D eigenvalue weighted by atomic mass is 16.5. The summed E-state index contributed by atoms with van der Waals surface area (Å²) in [7, 11) is 0. The largest absolute Gasteiger partial charge is 0.464 e. The summed E-state index contributed by atoms with van der Waals surface area (Å²) in [5.74, 6) is -0.220. The molecule has 0 aromatic heterocycles. The Morgan fingerprint density at radius 3 is 1.67 bits per heavy atom. The van der Waals surface area contributed by atoms with Crippen molar-refractivity contribution in [2.75, 3.05) is 52.5 Å². The molecule has 0 radical (unpaired) electrons. The van der Waals surface area contributed by atoms with E-state index in [1.54, 1.807) is 0 Å². The second-order valence-corrected chi connectivity index (χ2v) is 5.77. The lowest BCUT2D eigenvalue weighted by Crippen LogP contribution is -2.47. The van der Waals surface area contributed by atoms with E-state index < -0.39 is 0 Å². The Morgan fingerprint density at radius 2 is 1.29 bits per heavy atom. The average Bonchev–Trinajstić information content (AvgIpc) is 3.09. The summed E-state index contributed by atoms with van der Waals surface area (Å²) in [5, 5.41) is 3.38. The molecule has 0 aliphatic carbocycles. The molecular weight excluding hydrogens is 274 g/mol. The number of ether oxygens (including phenoxy) is 2. The lowest BCUT2D eigenvalue weighted by atomic mass is 10.2. The minimum Gasteiger partial charge on any atom is -0.464 e. The molecule has 3 aliphatic heterocycles. The molecule has 7 heteroatoms. The summed E-state index contributed by atoms with van der Waals surface area (Å²) in [4.78, 5) is 27.9. The predicted octanol–water partition coefficient (Wildman–Crippen LogP) is -1.18. The summed E-state index contributed by atoms with van der Waals surface area (Å²) >= 11 is 0. The second-order valence-electron chi connectivity index (χ2n) is 5.77. The van der Waals surface area contributed by atoms with Crippen molar-refractivity contribution in [1.29, 1.82) is 0 Å². The zero-order valence-corrected chi connectivity index (χ0v) is 12.3. The first-order valence-electron chi connectivity index (χ1n) is 7.78. The van der Waals surface area contributed by atoms with Crippen LogP contribution in [0, 0.1) is 0 Å². The van der Waals surface area contributed by atoms with E-state index in [9.17, 15) is 9.59 Å². The Morgan fingerprint density at radius 1 is 0.810 bits per heavy atom. The van der Waals surface area contributed by atoms with Gasteiger partial charge in [-0.15, -0.1) is 0 Å². The highest BCUT2D eigenvalue weighted by Gasteiger charge is 2.35. The molecule has 0 aromatic carbocycles. The summed E-state index contributed by atoms with van der Waals surface area (Å²) in [6, 6.07) is -0.246. The molecule has 0 spiro atoms. The molecule has 0 saturated carbocycles. The van der Waals surface area contributed by atoms with Crippen molar-refractivity contribution in [3.63, 3.8) is 0 Å². The van der Waals surface area contributed by atoms with Crippen LogP contribution in [0.15, 0.2) is 0 Å². The Bertz CT molecular complexity index is 368. The smallest absolute Gasteiger partial charge is 0.323 e. The van der Waals surface area contributed by atoms with Crippen LogP contribution in [-0.2, 0) is 19.1 Å². The molecule has 0 bridgehead atoms. The maximum absolute atomic E-state index is 11.8. The quantitative estimate of drug-likeness (QED) is 0.644. The number of carbonyl (C=O) groups excluding carboxylic acids is 2. The fourth-order valence-corrected chi connectivity index (χ4v) is 3.31. The molecule has 7 nitrogen and oxygen atoms in total. The van der Waals surface area contributed by atoms with Crippen LogP contribution in [0.2, 0.25) is 0 Å². The van der Waals surface area contributed by atoms with E-state index in [0.29, 0.717) is 13.2 Å².